The second kappa shape index (κ2) is 7.09. The van der Waals surface area contributed by atoms with E-state index in [4.69, 9.17) is 9.15 Å². The van der Waals surface area contributed by atoms with Crippen molar-refractivity contribution in [2.45, 2.75) is 37.7 Å². The Morgan fingerprint density at radius 1 is 1.33 bits per heavy atom. The van der Waals surface area contributed by atoms with Gasteiger partial charge in [-0.05, 0) is 43.0 Å². The maximum Gasteiger partial charge on any atom is 0.220 e. The summed E-state index contributed by atoms with van der Waals surface area (Å²) in [6.07, 6.45) is 4.99. The molecule has 0 saturated heterocycles. The number of ether oxygens (including phenoxy) is 1. The Bertz CT molecular complexity index is 692. The standard InChI is InChI=1S/C19H23NO4/c1-23-15-7-4-14(5-8-15)6-9-18(21)20-13-19(22)11-2-3-17-16(19)10-12-24-17/h4-5,7-8,10,12,22H,2-3,6,9,11,13H2,1H3,(H,20,21). The molecule has 5 heteroatoms. The van der Waals surface area contributed by atoms with Crippen molar-refractivity contribution in [2.24, 2.45) is 0 Å². The van der Waals surface area contributed by atoms with E-state index in [1.807, 2.05) is 24.3 Å². The number of aryl methyl sites for hydroxylation is 2. The topological polar surface area (TPSA) is 71.7 Å². The van der Waals surface area contributed by atoms with Crippen molar-refractivity contribution >= 4 is 5.91 Å². The lowest BCUT2D eigenvalue weighted by molar-refractivity contribution is -0.122. The van der Waals surface area contributed by atoms with Gasteiger partial charge in [0.2, 0.25) is 5.91 Å². The van der Waals surface area contributed by atoms with Crippen molar-refractivity contribution in [3.05, 3.63) is 53.5 Å². The van der Waals surface area contributed by atoms with Crippen molar-refractivity contribution in [3.63, 3.8) is 0 Å². The van der Waals surface area contributed by atoms with Gasteiger partial charge in [-0.2, -0.15) is 0 Å². The zero-order valence-electron chi connectivity index (χ0n) is 13.9. The third-order valence-electron chi connectivity index (χ3n) is 4.62. The quantitative estimate of drug-likeness (QED) is 0.854. The number of furan rings is 1. The molecule has 2 aromatic rings. The summed E-state index contributed by atoms with van der Waals surface area (Å²) in [5.41, 5.74) is 0.875. The van der Waals surface area contributed by atoms with Crippen molar-refractivity contribution in [1.82, 2.24) is 5.32 Å². The minimum Gasteiger partial charge on any atom is -0.497 e. The van der Waals surface area contributed by atoms with Crippen molar-refractivity contribution < 1.29 is 19.1 Å². The summed E-state index contributed by atoms with van der Waals surface area (Å²) in [6.45, 7) is 0.223. The fourth-order valence-corrected chi connectivity index (χ4v) is 3.19. The summed E-state index contributed by atoms with van der Waals surface area (Å²) in [5, 5.41) is 13.7. The fraction of sp³-hybridized carbons (Fsp3) is 0.421. The van der Waals surface area contributed by atoms with Gasteiger partial charge in [-0.25, -0.2) is 0 Å². The number of amides is 1. The van der Waals surface area contributed by atoms with E-state index in [9.17, 15) is 9.90 Å². The lowest BCUT2D eigenvalue weighted by atomic mass is 9.83. The Hall–Kier alpha value is -2.27. The van der Waals surface area contributed by atoms with Gasteiger partial charge in [0.25, 0.3) is 0 Å². The Balaban J connectivity index is 1.51. The summed E-state index contributed by atoms with van der Waals surface area (Å²) in [4.78, 5) is 12.1. The van der Waals surface area contributed by atoms with Crippen LogP contribution in [0.25, 0.3) is 0 Å². The molecule has 1 unspecified atom stereocenters. The Labute approximate surface area is 141 Å². The molecule has 3 rings (SSSR count). The molecule has 1 aliphatic rings. The fourth-order valence-electron chi connectivity index (χ4n) is 3.19. The molecule has 1 aromatic heterocycles. The molecule has 1 aliphatic carbocycles. The number of nitrogens with one attached hydrogen (secondary N) is 1. The summed E-state index contributed by atoms with van der Waals surface area (Å²) >= 11 is 0. The molecule has 1 atom stereocenters. The van der Waals surface area contributed by atoms with Crippen LogP contribution < -0.4 is 10.1 Å². The van der Waals surface area contributed by atoms with E-state index in [1.165, 1.54) is 0 Å². The smallest absolute Gasteiger partial charge is 0.220 e. The van der Waals surface area contributed by atoms with Crippen molar-refractivity contribution in [1.29, 1.82) is 0 Å². The van der Waals surface area contributed by atoms with E-state index in [-0.39, 0.29) is 12.5 Å². The van der Waals surface area contributed by atoms with Crippen LogP contribution in [0.2, 0.25) is 0 Å². The molecule has 128 valence electrons. The average molecular weight is 329 g/mol. The number of hydrogen-bond acceptors (Lipinski definition) is 4. The van der Waals surface area contributed by atoms with Gasteiger partial charge in [-0.1, -0.05) is 12.1 Å². The summed E-state index contributed by atoms with van der Waals surface area (Å²) < 4.78 is 10.5. The molecule has 0 aliphatic heterocycles. The number of methoxy groups -OCH3 is 1. The molecule has 5 nitrogen and oxygen atoms in total. The average Bonchev–Trinajstić information content (AvgIpc) is 3.09. The number of hydrogen-bond donors (Lipinski definition) is 2. The molecular weight excluding hydrogens is 306 g/mol. The molecule has 1 aromatic carbocycles. The highest BCUT2D eigenvalue weighted by atomic mass is 16.5. The first-order valence-corrected chi connectivity index (χ1v) is 8.29. The van der Waals surface area contributed by atoms with Crippen LogP contribution in [0.3, 0.4) is 0 Å². The first-order chi connectivity index (χ1) is 11.6. The number of benzene rings is 1. The van der Waals surface area contributed by atoms with Gasteiger partial charge in [0.15, 0.2) is 0 Å². The van der Waals surface area contributed by atoms with Gasteiger partial charge >= 0.3 is 0 Å². The van der Waals surface area contributed by atoms with Gasteiger partial charge in [-0.3, -0.25) is 4.79 Å². The van der Waals surface area contributed by atoms with Crippen LogP contribution in [-0.2, 0) is 23.2 Å². The van der Waals surface area contributed by atoms with Gasteiger partial charge in [0.1, 0.15) is 17.1 Å². The van der Waals surface area contributed by atoms with E-state index >= 15 is 0 Å². The molecule has 24 heavy (non-hydrogen) atoms. The van der Waals surface area contributed by atoms with E-state index in [2.05, 4.69) is 5.32 Å². The SMILES string of the molecule is COc1ccc(CCC(=O)NCC2(O)CCCc3occc32)cc1. The van der Waals surface area contributed by atoms with Crippen molar-refractivity contribution in [3.8, 4) is 5.75 Å². The van der Waals surface area contributed by atoms with Crippen LogP contribution in [0, 0.1) is 0 Å². The molecule has 0 bridgehead atoms. The van der Waals surface area contributed by atoms with Crippen LogP contribution in [0.4, 0.5) is 0 Å². The Morgan fingerprint density at radius 2 is 2.12 bits per heavy atom. The maximum absolute atomic E-state index is 12.1. The lowest BCUT2D eigenvalue weighted by Gasteiger charge is -2.31. The Kier molecular flexibility index (Phi) is 4.90. The second-order valence-electron chi connectivity index (χ2n) is 6.27. The number of rotatable bonds is 6. The molecule has 0 radical (unpaired) electrons. The number of carbonyl (C=O) groups excluding carboxylic acids is 1. The molecule has 1 heterocycles. The summed E-state index contributed by atoms with van der Waals surface area (Å²) in [6, 6.07) is 9.49. The van der Waals surface area contributed by atoms with Crippen LogP contribution in [0.15, 0.2) is 41.0 Å². The Morgan fingerprint density at radius 3 is 2.88 bits per heavy atom. The first-order valence-electron chi connectivity index (χ1n) is 8.29. The van der Waals surface area contributed by atoms with E-state index in [0.29, 0.717) is 19.3 Å². The highest BCUT2D eigenvalue weighted by Crippen LogP contribution is 2.35. The van der Waals surface area contributed by atoms with Crippen LogP contribution in [0.1, 0.15) is 36.1 Å². The zero-order chi connectivity index (χ0) is 17.0. The molecule has 1 amide bonds. The minimum absolute atomic E-state index is 0.0603. The lowest BCUT2D eigenvalue weighted by Crippen LogP contribution is -2.42. The molecule has 2 N–H and O–H groups in total. The summed E-state index contributed by atoms with van der Waals surface area (Å²) in [7, 11) is 1.63. The van der Waals surface area contributed by atoms with Crippen LogP contribution in [0.5, 0.6) is 5.75 Å². The van der Waals surface area contributed by atoms with E-state index in [0.717, 1.165) is 35.5 Å². The monoisotopic (exact) mass is 329 g/mol. The third kappa shape index (κ3) is 3.62. The minimum atomic E-state index is -1.02. The number of fused-ring (bicyclic) bond motifs is 1. The second-order valence-corrected chi connectivity index (χ2v) is 6.27. The van der Waals surface area contributed by atoms with Gasteiger partial charge in [0, 0.05) is 18.4 Å². The third-order valence-corrected chi connectivity index (χ3v) is 4.62. The van der Waals surface area contributed by atoms with Crippen molar-refractivity contribution in [2.75, 3.05) is 13.7 Å². The predicted octanol–water partition coefficient (Wildman–Crippen LogP) is 2.56. The van der Waals surface area contributed by atoms with E-state index < -0.39 is 5.60 Å². The maximum atomic E-state index is 12.1. The number of aliphatic hydroxyl groups is 1. The van der Waals surface area contributed by atoms with E-state index in [1.54, 1.807) is 19.4 Å². The molecule has 0 saturated carbocycles. The molecular formula is C19H23NO4. The largest absolute Gasteiger partial charge is 0.497 e. The zero-order valence-corrected chi connectivity index (χ0v) is 13.9. The number of carbonyl (C=O) groups is 1. The highest BCUT2D eigenvalue weighted by molar-refractivity contribution is 5.76. The molecule has 0 spiro atoms. The highest BCUT2D eigenvalue weighted by Gasteiger charge is 2.36. The predicted molar refractivity (Wildman–Crippen MR) is 89.9 cm³/mol. The molecule has 0 fully saturated rings. The van der Waals surface area contributed by atoms with Crippen LogP contribution in [-0.4, -0.2) is 24.7 Å². The van der Waals surface area contributed by atoms with Gasteiger partial charge < -0.3 is 19.6 Å². The van der Waals surface area contributed by atoms with Gasteiger partial charge in [-0.15, -0.1) is 0 Å². The van der Waals surface area contributed by atoms with Gasteiger partial charge in [0.05, 0.1) is 19.9 Å². The van der Waals surface area contributed by atoms with Crippen LogP contribution >= 0.6 is 0 Å². The first kappa shape index (κ1) is 16.6. The summed E-state index contributed by atoms with van der Waals surface area (Å²) in [5.74, 6) is 1.57. The normalized spacial score (nSPS) is 19.6.